The number of hydrogen-bond acceptors (Lipinski definition) is 4. The monoisotopic (exact) mass is 296 g/mol. The van der Waals surface area contributed by atoms with Gasteiger partial charge in [0.25, 0.3) is 0 Å². The largest absolute Gasteiger partial charge is 0.421 e. The van der Waals surface area contributed by atoms with Gasteiger partial charge in [0.05, 0.1) is 0 Å². The smallest absolute Gasteiger partial charge is 0.322 e. The average molecular weight is 297 g/mol. The molecule has 4 nitrogen and oxygen atoms in total. The van der Waals surface area contributed by atoms with Gasteiger partial charge in [0, 0.05) is 10.7 Å². The van der Waals surface area contributed by atoms with Crippen LogP contribution in [0.5, 0.6) is 11.8 Å². The minimum Gasteiger partial charge on any atom is -0.421 e. The van der Waals surface area contributed by atoms with Gasteiger partial charge in [-0.15, -0.1) is 0 Å². The van der Waals surface area contributed by atoms with Crippen molar-refractivity contribution in [1.29, 1.82) is 0 Å². The summed E-state index contributed by atoms with van der Waals surface area (Å²) in [5.74, 6) is -0.546. The fourth-order valence-corrected chi connectivity index (χ4v) is 1.46. The van der Waals surface area contributed by atoms with E-state index in [0.717, 1.165) is 0 Å². The van der Waals surface area contributed by atoms with E-state index < -0.39 is 5.82 Å². The van der Waals surface area contributed by atoms with Crippen LogP contribution >= 0.6 is 15.9 Å². The van der Waals surface area contributed by atoms with E-state index in [4.69, 9.17) is 4.74 Å². The fourth-order valence-electron chi connectivity index (χ4n) is 1.13. The lowest BCUT2D eigenvalue weighted by Gasteiger charge is -2.04. The summed E-state index contributed by atoms with van der Waals surface area (Å²) in [6.07, 6.45) is 1.93. The van der Waals surface area contributed by atoms with Crippen LogP contribution < -0.4 is 4.74 Å². The molecule has 1 aromatic carbocycles. The van der Waals surface area contributed by atoms with Crippen LogP contribution in [0.15, 0.2) is 34.9 Å². The Hall–Kier alpha value is -1.82. The number of hydrogen-bond donors (Lipinski definition) is 0. The Balaban J connectivity index is 2.27. The SMILES string of the molecule is O=Cc1ccnc(Oc2ccc(Br)cc2F)n1. The topological polar surface area (TPSA) is 52.1 Å². The van der Waals surface area contributed by atoms with Crippen molar-refractivity contribution in [2.75, 3.05) is 0 Å². The van der Waals surface area contributed by atoms with Gasteiger partial charge in [0.2, 0.25) is 0 Å². The molecule has 0 amide bonds. The highest BCUT2D eigenvalue weighted by Crippen LogP contribution is 2.24. The lowest BCUT2D eigenvalue weighted by atomic mass is 10.3. The minimum atomic E-state index is -0.542. The van der Waals surface area contributed by atoms with Crippen molar-refractivity contribution < 1.29 is 13.9 Å². The van der Waals surface area contributed by atoms with Gasteiger partial charge in [0.15, 0.2) is 17.9 Å². The number of aromatic nitrogens is 2. The molecule has 0 unspecified atom stereocenters. The molecule has 0 spiro atoms. The average Bonchev–Trinajstić information content (AvgIpc) is 2.33. The van der Waals surface area contributed by atoms with Crippen molar-refractivity contribution >= 4 is 22.2 Å². The van der Waals surface area contributed by atoms with Crippen molar-refractivity contribution in [3.63, 3.8) is 0 Å². The summed E-state index contributed by atoms with van der Waals surface area (Å²) in [6, 6.07) is 5.69. The molecule has 0 fully saturated rings. The molecule has 0 atom stereocenters. The third-order valence-electron chi connectivity index (χ3n) is 1.87. The van der Waals surface area contributed by atoms with Crippen molar-refractivity contribution in [3.8, 4) is 11.8 Å². The van der Waals surface area contributed by atoms with Gasteiger partial charge in [0.1, 0.15) is 5.69 Å². The first kappa shape index (κ1) is 11.7. The zero-order chi connectivity index (χ0) is 12.3. The normalized spacial score (nSPS) is 10.0. The molecule has 0 aliphatic rings. The molecule has 2 aromatic rings. The van der Waals surface area contributed by atoms with Gasteiger partial charge >= 0.3 is 6.01 Å². The first-order valence-electron chi connectivity index (χ1n) is 4.60. The van der Waals surface area contributed by atoms with Crippen LogP contribution in [-0.2, 0) is 0 Å². The zero-order valence-electron chi connectivity index (χ0n) is 8.43. The van der Waals surface area contributed by atoms with Crippen LogP contribution in [0.2, 0.25) is 0 Å². The molecule has 86 valence electrons. The molecular formula is C11H6BrFN2O2. The van der Waals surface area contributed by atoms with E-state index in [9.17, 15) is 9.18 Å². The van der Waals surface area contributed by atoms with E-state index in [0.29, 0.717) is 10.8 Å². The molecule has 0 aliphatic carbocycles. The molecule has 1 aromatic heterocycles. The quantitative estimate of drug-likeness (QED) is 0.817. The minimum absolute atomic E-state index is 0.00347. The second-order valence-electron chi connectivity index (χ2n) is 3.06. The number of aldehydes is 1. The fraction of sp³-hybridized carbons (Fsp3) is 0. The third kappa shape index (κ3) is 2.85. The standard InChI is InChI=1S/C11H6BrFN2O2/c12-7-1-2-10(9(13)5-7)17-11-14-4-3-8(6-16)15-11/h1-6H. The van der Waals surface area contributed by atoms with E-state index in [1.165, 1.54) is 24.4 Å². The van der Waals surface area contributed by atoms with Gasteiger partial charge in [-0.1, -0.05) is 15.9 Å². The number of benzene rings is 1. The highest BCUT2D eigenvalue weighted by molar-refractivity contribution is 9.10. The van der Waals surface area contributed by atoms with Gasteiger partial charge in [-0.2, -0.15) is 4.98 Å². The summed E-state index contributed by atoms with van der Waals surface area (Å²) in [5.41, 5.74) is 0.174. The Morgan fingerprint density at radius 1 is 1.35 bits per heavy atom. The highest BCUT2D eigenvalue weighted by Gasteiger charge is 2.07. The molecule has 0 saturated heterocycles. The Bertz CT molecular complexity index is 563. The van der Waals surface area contributed by atoms with E-state index in [2.05, 4.69) is 25.9 Å². The lowest BCUT2D eigenvalue weighted by molar-refractivity contribution is 0.111. The second kappa shape index (κ2) is 5.01. The maximum atomic E-state index is 13.4. The number of nitrogens with zero attached hydrogens (tertiary/aromatic N) is 2. The van der Waals surface area contributed by atoms with Crippen LogP contribution in [0, 0.1) is 5.82 Å². The maximum absolute atomic E-state index is 13.4. The molecule has 0 aliphatic heterocycles. The van der Waals surface area contributed by atoms with Crippen LogP contribution in [0.4, 0.5) is 4.39 Å². The zero-order valence-corrected chi connectivity index (χ0v) is 10.0. The van der Waals surface area contributed by atoms with Crippen LogP contribution in [0.3, 0.4) is 0 Å². The van der Waals surface area contributed by atoms with E-state index in [-0.39, 0.29) is 17.5 Å². The van der Waals surface area contributed by atoms with E-state index in [1.54, 1.807) is 6.07 Å². The Labute approximate surface area is 105 Å². The number of halogens is 2. The van der Waals surface area contributed by atoms with Crippen molar-refractivity contribution in [3.05, 3.63) is 46.4 Å². The van der Waals surface area contributed by atoms with Gasteiger partial charge in [-0.25, -0.2) is 9.37 Å². The second-order valence-corrected chi connectivity index (χ2v) is 3.97. The molecule has 0 radical (unpaired) electrons. The maximum Gasteiger partial charge on any atom is 0.322 e. The predicted octanol–water partition coefficient (Wildman–Crippen LogP) is 2.98. The number of carbonyl (C=O) groups excluding carboxylic acids is 1. The number of rotatable bonds is 3. The molecule has 0 N–H and O–H groups in total. The van der Waals surface area contributed by atoms with Gasteiger partial charge in [-0.05, 0) is 24.3 Å². The summed E-state index contributed by atoms with van der Waals surface area (Å²) in [5, 5.41) is 0. The molecule has 6 heteroatoms. The Morgan fingerprint density at radius 3 is 2.88 bits per heavy atom. The van der Waals surface area contributed by atoms with Crippen LogP contribution in [0.25, 0.3) is 0 Å². The number of carbonyl (C=O) groups is 1. The number of ether oxygens (including phenoxy) is 1. The van der Waals surface area contributed by atoms with Crippen molar-refractivity contribution in [1.82, 2.24) is 9.97 Å². The molecule has 2 rings (SSSR count). The summed E-state index contributed by atoms with van der Waals surface area (Å²) >= 11 is 3.13. The summed E-state index contributed by atoms with van der Waals surface area (Å²) in [7, 11) is 0. The lowest BCUT2D eigenvalue weighted by Crippen LogP contribution is -1.96. The third-order valence-corrected chi connectivity index (χ3v) is 2.36. The Morgan fingerprint density at radius 2 is 2.18 bits per heavy atom. The summed E-state index contributed by atoms with van der Waals surface area (Å²) < 4.78 is 19.2. The van der Waals surface area contributed by atoms with Crippen LogP contribution in [0.1, 0.15) is 10.5 Å². The summed E-state index contributed by atoms with van der Waals surface area (Å²) in [6.45, 7) is 0. The van der Waals surface area contributed by atoms with E-state index >= 15 is 0 Å². The molecular weight excluding hydrogens is 291 g/mol. The Kier molecular flexibility index (Phi) is 3.43. The molecule has 0 bridgehead atoms. The summed E-state index contributed by atoms with van der Waals surface area (Å²) in [4.78, 5) is 18.0. The molecule has 17 heavy (non-hydrogen) atoms. The van der Waals surface area contributed by atoms with Gasteiger partial charge in [-0.3, -0.25) is 4.79 Å². The van der Waals surface area contributed by atoms with Crippen molar-refractivity contribution in [2.45, 2.75) is 0 Å². The first-order chi connectivity index (χ1) is 8.19. The first-order valence-corrected chi connectivity index (χ1v) is 5.39. The molecule has 1 heterocycles. The van der Waals surface area contributed by atoms with Crippen molar-refractivity contribution in [2.24, 2.45) is 0 Å². The van der Waals surface area contributed by atoms with Crippen LogP contribution in [-0.4, -0.2) is 16.3 Å². The van der Waals surface area contributed by atoms with Gasteiger partial charge < -0.3 is 4.74 Å². The van der Waals surface area contributed by atoms with E-state index in [1.807, 2.05) is 0 Å². The highest BCUT2D eigenvalue weighted by atomic mass is 79.9. The predicted molar refractivity (Wildman–Crippen MR) is 61.6 cm³/mol. The molecule has 0 saturated carbocycles.